The predicted octanol–water partition coefficient (Wildman–Crippen LogP) is 3.53. The lowest BCUT2D eigenvalue weighted by atomic mass is 9.97. The summed E-state index contributed by atoms with van der Waals surface area (Å²) in [4.78, 5) is 13.4. The lowest BCUT2D eigenvalue weighted by Gasteiger charge is -2.28. The van der Waals surface area contributed by atoms with Crippen LogP contribution in [0.15, 0.2) is 71.8 Å². The van der Waals surface area contributed by atoms with Crippen LogP contribution < -0.4 is 5.56 Å². The molecule has 33 heavy (non-hydrogen) atoms. The molecule has 1 aromatic heterocycles. The third-order valence-electron chi connectivity index (χ3n) is 6.52. The van der Waals surface area contributed by atoms with Crippen molar-refractivity contribution in [2.24, 2.45) is 5.92 Å². The number of hydrogen-bond acceptors (Lipinski definition) is 5. The van der Waals surface area contributed by atoms with E-state index in [1.165, 1.54) is 0 Å². The van der Waals surface area contributed by atoms with E-state index in [4.69, 9.17) is 14.9 Å². The molecule has 2 aromatic carbocycles. The molecule has 8 nitrogen and oxygen atoms in total. The van der Waals surface area contributed by atoms with Gasteiger partial charge in [-0.1, -0.05) is 37.3 Å². The number of fused-ring (bicyclic) bond motifs is 3. The molecule has 166 valence electrons. The van der Waals surface area contributed by atoms with Crippen LogP contribution in [-0.2, 0) is 11.3 Å². The van der Waals surface area contributed by atoms with Crippen molar-refractivity contribution in [3.8, 4) is 17.1 Å². The highest BCUT2D eigenvalue weighted by Gasteiger charge is 2.30. The largest absolute Gasteiger partial charge is 0.379 e. The normalized spacial score (nSPS) is 18.8. The highest BCUT2D eigenvalue weighted by Crippen LogP contribution is 2.29. The smallest absolute Gasteiger partial charge is 0.297 e. The minimum absolute atomic E-state index is 0.0671. The van der Waals surface area contributed by atoms with Crippen molar-refractivity contribution < 1.29 is 4.74 Å². The molecule has 2 unspecified atom stereocenters. The Labute approximate surface area is 190 Å². The Morgan fingerprint density at radius 2 is 1.88 bits per heavy atom. The molecule has 0 N–H and O–H groups in total. The number of benzene rings is 2. The van der Waals surface area contributed by atoms with Gasteiger partial charge in [-0.05, 0) is 42.2 Å². The zero-order chi connectivity index (χ0) is 22.4. The lowest BCUT2D eigenvalue weighted by Crippen LogP contribution is -2.34. The molecule has 0 saturated carbocycles. The van der Waals surface area contributed by atoms with Crippen molar-refractivity contribution in [3.05, 3.63) is 82.9 Å². The zero-order valence-electron chi connectivity index (χ0n) is 18.3. The van der Waals surface area contributed by atoms with Crippen molar-refractivity contribution in [1.29, 1.82) is 0 Å². The molecular weight excluding hydrogens is 416 g/mol. The van der Waals surface area contributed by atoms with Gasteiger partial charge in [-0.2, -0.15) is 15.3 Å². The van der Waals surface area contributed by atoms with Crippen LogP contribution in [0, 0.1) is 5.92 Å². The molecule has 1 saturated heterocycles. The molecule has 0 bridgehead atoms. The molecular formula is C25H24N6O2. The van der Waals surface area contributed by atoms with Gasteiger partial charge in [0.15, 0.2) is 5.69 Å². The van der Waals surface area contributed by atoms with Gasteiger partial charge in [0.05, 0.1) is 30.4 Å². The summed E-state index contributed by atoms with van der Waals surface area (Å²) in [6.07, 6.45) is 4.59. The Kier molecular flexibility index (Phi) is 4.80. The maximum atomic E-state index is 13.4. The Balaban J connectivity index is 1.43. The summed E-state index contributed by atoms with van der Waals surface area (Å²) < 4.78 is 11.0. The molecule has 1 fully saturated rings. The maximum Gasteiger partial charge on any atom is 0.297 e. The topological polar surface area (TPSA) is 79.8 Å². The standard InChI is InChI=1S/C25H24N6O2/c1-17-11-14-33-16-22(17)31-25(32)24-23(28-31)20-5-2-3-6-21(20)30(27-24)15-18-7-9-19(10-8-18)29-13-4-12-26-29/h2-10,12-13,17,22H,11,14-16H2,1H3. The van der Waals surface area contributed by atoms with Crippen molar-refractivity contribution in [1.82, 2.24) is 29.3 Å². The second-order valence-electron chi connectivity index (χ2n) is 8.65. The van der Waals surface area contributed by atoms with Crippen molar-refractivity contribution in [2.75, 3.05) is 13.2 Å². The Morgan fingerprint density at radius 1 is 1.03 bits per heavy atom. The summed E-state index contributed by atoms with van der Waals surface area (Å²) >= 11 is 0. The number of hydrogen-bond donors (Lipinski definition) is 0. The summed E-state index contributed by atoms with van der Waals surface area (Å²) in [5, 5.41) is 14.7. The minimum atomic E-state index is -0.152. The molecule has 3 aliphatic rings. The summed E-state index contributed by atoms with van der Waals surface area (Å²) in [5.74, 6) is 0.326. The van der Waals surface area contributed by atoms with Gasteiger partial charge in [-0.25, -0.2) is 9.36 Å². The first-order valence-corrected chi connectivity index (χ1v) is 11.2. The van der Waals surface area contributed by atoms with Crippen LogP contribution in [0.1, 0.15) is 24.9 Å². The van der Waals surface area contributed by atoms with E-state index >= 15 is 0 Å². The maximum absolute atomic E-state index is 13.4. The van der Waals surface area contributed by atoms with Crippen LogP contribution in [-0.4, -0.2) is 42.6 Å². The van der Waals surface area contributed by atoms with Gasteiger partial charge in [0.2, 0.25) is 0 Å². The van der Waals surface area contributed by atoms with E-state index in [1.807, 2.05) is 58.0 Å². The summed E-state index contributed by atoms with van der Waals surface area (Å²) in [6.45, 7) is 3.93. The van der Waals surface area contributed by atoms with Crippen LogP contribution in [0.3, 0.4) is 0 Å². The first-order chi connectivity index (χ1) is 16.2. The van der Waals surface area contributed by atoms with Crippen LogP contribution >= 0.6 is 0 Å². The fourth-order valence-corrected chi connectivity index (χ4v) is 4.59. The highest BCUT2D eigenvalue weighted by atomic mass is 16.5. The second-order valence-corrected chi connectivity index (χ2v) is 8.65. The van der Waals surface area contributed by atoms with E-state index in [0.717, 1.165) is 35.2 Å². The molecule has 3 aromatic rings. The molecule has 0 spiro atoms. The molecule has 8 heteroatoms. The number of aromatic nitrogens is 6. The average Bonchev–Trinajstić information content (AvgIpc) is 3.49. The van der Waals surface area contributed by atoms with Gasteiger partial charge < -0.3 is 4.74 Å². The number of para-hydroxylation sites is 1. The average molecular weight is 441 g/mol. The fourth-order valence-electron chi connectivity index (χ4n) is 4.59. The summed E-state index contributed by atoms with van der Waals surface area (Å²) in [6, 6.07) is 18.0. The molecule has 0 radical (unpaired) electrons. The third kappa shape index (κ3) is 3.43. The van der Waals surface area contributed by atoms with Gasteiger partial charge in [-0.15, -0.1) is 0 Å². The SMILES string of the molecule is CC1CCOCC1n1nc2c3ccccc3n(Cc3ccc(-n4cccn4)cc3)nc-2c1=O. The van der Waals surface area contributed by atoms with E-state index in [1.54, 1.807) is 10.9 Å². The van der Waals surface area contributed by atoms with E-state index in [0.29, 0.717) is 30.5 Å². The Morgan fingerprint density at radius 3 is 2.67 bits per heavy atom. The first-order valence-electron chi connectivity index (χ1n) is 11.2. The Hall–Kier alpha value is -3.78. The third-order valence-corrected chi connectivity index (χ3v) is 6.52. The van der Waals surface area contributed by atoms with E-state index in [2.05, 4.69) is 24.2 Å². The Bertz CT molecular complexity index is 1430. The molecule has 4 heterocycles. The van der Waals surface area contributed by atoms with E-state index in [-0.39, 0.29) is 11.6 Å². The molecule has 2 atom stereocenters. The van der Waals surface area contributed by atoms with E-state index < -0.39 is 0 Å². The number of nitrogens with zero attached hydrogens (tertiary/aromatic N) is 6. The van der Waals surface area contributed by atoms with Crippen LogP contribution in [0.5, 0.6) is 0 Å². The van der Waals surface area contributed by atoms with Crippen LogP contribution in [0.2, 0.25) is 0 Å². The minimum Gasteiger partial charge on any atom is -0.379 e. The van der Waals surface area contributed by atoms with Crippen LogP contribution in [0.25, 0.3) is 28.0 Å². The summed E-state index contributed by atoms with van der Waals surface area (Å²) in [7, 11) is 0. The molecule has 3 aliphatic heterocycles. The summed E-state index contributed by atoms with van der Waals surface area (Å²) in [5.41, 5.74) is 3.92. The molecule has 0 aliphatic carbocycles. The quantitative estimate of drug-likeness (QED) is 0.427. The van der Waals surface area contributed by atoms with Gasteiger partial charge in [-0.3, -0.25) is 9.48 Å². The molecule has 0 amide bonds. The van der Waals surface area contributed by atoms with Gasteiger partial charge in [0.25, 0.3) is 5.56 Å². The van der Waals surface area contributed by atoms with Crippen LogP contribution in [0.4, 0.5) is 0 Å². The van der Waals surface area contributed by atoms with E-state index in [9.17, 15) is 4.79 Å². The van der Waals surface area contributed by atoms with Gasteiger partial charge in [0, 0.05) is 24.4 Å². The monoisotopic (exact) mass is 440 g/mol. The first kappa shape index (κ1) is 19.9. The number of ether oxygens (including phenoxy) is 1. The van der Waals surface area contributed by atoms with Gasteiger partial charge in [0.1, 0.15) is 5.69 Å². The van der Waals surface area contributed by atoms with Gasteiger partial charge >= 0.3 is 0 Å². The lowest BCUT2D eigenvalue weighted by molar-refractivity contribution is 0.0227. The second kappa shape index (κ2) is 7.97. The number of rotatable bonds is 4. The fraction of sp³-hybridized carbons (Fsp3) is 0.280. The molecule has 6 rings (SSSR count). The van der Waals surface area contributed by atoms with Crippen molar-refractivity contribution >= 4 is 10.9 Å². The van der Waals surface area contributed by atoms with Crippen molar-refractivity contribution in [2.45, 2.75) is 25.9 Å². The predicted molar refractivity (Wildman–Crippen MR) is 125 cm³/mol. The zero-order valence-corrected chi connectivity index (χ0v) is 18.3. The highest BCUT2D eigenvalue weighted by molar-refractivity contribution is 5.92. The van der Waals surface area contributed by atoms with Crippen molar-refractivity contribution in [3.63, 3.8) is 0 Å².